The molecule has 1 rings (SSSR count). The molecular weight excluding hydrogens is 206 g/mol. The first-order valence-corrected chi connectivity index (χ1v) is 5.50. The molecule has 0 saturated carbocycles. The number of nitrogen functional groups attached to an aromatic ring is 1. The molecule has 16 heavy (non-hydrogen) atoms. The van der Waals surface area contributed by atoms with Crippen molar-refractivity contribution in [3.8, 4) is 0 Å². The minimum atomic E-state index is -0.0427. The number of nitrogens with one attached hydrogen (secondary N) is 1. The molecule has 0 unspecified atom stereocenters. The van der Waals surface area contributed by atoms with Crippen LogP contribution in [0.15, 0.2) is 12.3 Å². The first-order chi connectivity index (χ1) is 7.69. The number of rotatable bonds is 6. The molecule has 0 saturated heterocycles. The van der Waals surface area contributed by atoms with Crippen molar-refractivity contribution in [2.24, 2.45) is 0 Å². The summed E-state index contributed by atoms with van der Waals surface area (Å²) < 4.78 is 5.23. The maximum absolute atomic E-state index is 12.0. The maximum Gasteiger partial charge on any atom is 0.270 e. The number of likely N-dealkylation sites (N-methyl/N-ethyl adjacent to an activating group) is 1. The molecule has 5 heteroatoms. The third-order valence-corrected chi connectivity index (χ3v) is 2.31. The van der Waals surface area contributed by atoms with Gasteiger partial charge in [-0.25, -0.2) is 0 Å². The van der Waals surface area contributed by atoms with Crippen LogP contribution in [0.5, 0.6) is 0 Å². The van der Waals surface area contributed by atoms with Crippen LogP contribution in [-0.4, -0.2) is 42.1 Å². The lowest BCUT2D eigenvalue weighted by Crippen LogP contribution is -2.34. The monoisotopic (exact) mass is 225 g/mol. The molecule has 0 radical (unpaired) electrons. The second kappa shape index (κ2) is 6.17. The topological polar surface area (TPSA) is 71.3 Å². The molecule has 5 nitrogen and oxygen atoms in total. The van der Waals surface area contributed by atoms with Crippen LogP contribution >= 0.6 is 0 Å². The number of hydrogen-bond donors (Lipinski definition) is 2. The van der Waals surface area contributed by atoms with Gasteiger partial charge in [0.25, 0.3) is 5.91 Å². The van der Waals surface area contributed by atoms with Gasteiger partial charge in [0.2, 0.25) is 0 Å². The summed E-state index contributed by atoms with van der Waals surface area (Å²) in [7, 11) is 0. The van der Waals surface area contributed by atoms with Gasteiger partial charge in [-0.3, -0.25) is 4.79 Å². The molecule has 1 heterocycles. The molecule has 0 atom stereocenters. The Morgan fingerprint density at radius 3 is 2.81 bits per heavy atom. The molecular formula is C11H19N3O2. The van der Waals surface area contributed by atoms with Gasteiger partial charge < -0.3 is 20.4 Å². The predicted molar refractivity (Wildman–Crippen MR) is 63.3 cm³/mol. The van der Waals surface area contributed by atoms with E-state index in [-0.39, 0.29) is 5.91 Å². The summed E-state index contributed by atoms with van der Waals surface area (Å²) in [6.07, 6.45) is 1.61. The number of H-pyrrole nitrogens is 1. The van der Waals surface area contributed by atoms with Gasteiger partial charge in [-0.15, -0.1) is 0 Å². The molecule has 0 aliphatic rings. The standard InChI is InChI=1S/C11H19N3O2/c1-3-14(5-6-16-4-2)11(15)10-7-9(12)8-13-10/h7-8,13H,3-6,12H2,1-2H3. The van der Waals surface area contributed by atoms with Crippen LogP contribution in [0.3, 0.4) is 0 Å². The molecule has 1 aromatic heterocycles. The molecule has 0 fully saturated rings. The van der Waals surface area contributed by atoms with Crippen molar-refractivity contribution in [2.45, 2.75) is 13.8 Å². The predicted octanol–water partition coefficient (Wildman–Crippen LogP) is 1.10. The molecule has 0 spiro atoms. The number of carbonyl (C=O) groups is 1. The zero-order valence-corrected chi connectivity index (χ0v) is 9.82. The van der Waals surface area contributed by atoms with Crippen LogP contribution in [0, 0.1) is 0 Å². The van der Waals surface area contributed by atoms with E-state index in [0.717, 1.165) is 0 Å². The molecule has 1 aromatic rings. The highest BCUT2D eigenvalue weighted by atomic mass is 16.5. The number of amides is 1. The first kappa shape index (κ1) is 12.6. The van der Waals surface area contributed by atoms with Crippen molar-refractivity contribution in [3.05, 3.63) is 18.0 Å². The Labute approximate surface area is 95.6 Å². The Balaban J connectivity index is 2.55. The highest BCUT2D eigenvalue weighted by Gasteiger charge is 2.14. The smallest absolute Gasteiger partial charge is 0.270 e. The largest absolute Gasteiger partial charge is 0.397 e. The van der Waals surface area contributed by atoms with E-state index in [1.807, 2.05) is 13.8 Å². The summed E-state index contributed by atoms with van der Waals surface area (Å²) >= 11 is 0. The van der Waals surface area contributed by atoms with Crippen LogP contribution in [0.25, 0.3) is 0 Å². The molecule has 0 aliphatic carbocycles. The number of nitrogens with zero attached hydrogens (tertiary/aromatic N) is 1. The quantitative estimate of drug-likeness (QED) is 0.712. The zero-order chi connectivity index (χ0) is 12.0. The minimum absolute atomic E-state index is 0.0427. The average Bonchev–Trinajstić information content (AvgIpc) is 2.70. The second-order valence-corrected chi connectivity index (χ2v) is 3.43. The van der Waals surface area contributed by atoms with Crippen LogP contribution in [0.4, 0.5) is 5.69 Å². The van der Waals surface area contributed by atoms with Crippen molar-refractivity contribution in [2.75, 3.05) is 32.0 Å². The van der Waals surface area contributed by atoms with Crippen LogP contribution in [0.1, 0.15) is 24.3 Å². The van der Waals surface area contributed by atoms with Gasteiger partial charge in [-0.05, 0) is 19.9 Å². The summed E-state index contributed by atoms with van der Waals surface area (Å²) in [6.45, 7) is 6.36. The van der Waals surface area contributed by atoms with E-state index < -0.39 is 0 Å². The molecule has 3 N–H and O–H groups in total. The summed E-state index contributed by atoms with van der Waals surface area (Å²) in [5.41, 5.74) is 6.65. The fourth-order valence-electron chi connectivity index (χ4n) is 1.43. The van der Waals surface area contributed by atoms with Crippen LogP contribution < -0.4 is 5.73 Å². The number of aromatic nitrogens is 1. The fourth-order valence-corrected chi connectivity index (χ4v) is 1.43. The Morgan fingerprint density at radius 2 is 2.31 bits per heavy atom. The van der Waals surface area contributed by atoms with E-state index >= 15 is 0 Å². The number of aromatic amines is 1. The maximum atomic E-state index is 12.0. The van der Waals surface area contributed by atoms with Gasteiger partial charge in [0.1, 0.15) is 5.69 Å². The third-order valence-electron chi connectivity index (χ3n) is 2.31. The summed E-state index contributed by atoms with van der Waals surface area (Å²) in [6, 6.07) is 1.64. The number of hydrogen-bond acceptors (Lipinski definition) is 3. The lowest BCUT2D eigenvalue weighted by Gasteiger charge is -2.19. The first-order valence-electron chi connectivity index (χ1n) is 5.50. The minimum Gasteiger partial charge on any atom is -0.397 e. The molecule has 0 bridgehead atoms. The molecule has 1 amide bonds. The van der Waals surface area contributed by atoms with E-state index in [0.29, 0.717) is 37.7 Å². The van der Waals surface area contributed by atoms with Gasteiger partial charge in [0.15, 0.2) is 0 Å². The molecule has 0 aliphatic heterocycles. The van der Waals surface area contributed by atoms with E-state index in [1.54, 1.807) is 17.2 Å². The van der Waals surface area contributed by atoms with Gasteiger partial charge in [0, 0.05) is 31.6 Å². The number of anilines is 1. The number of ether oxygens (including phenoxy) is 1. The van der Waals surface area contributed by atoms with E-state index in [2.05, 4.69) is 4.98 Å². The van der Waals surface area contributed by atoms with Crippen LogP contribution in [-0.2, 0) is 4.74 Å². The normalized spacial score (nSPS) is 10.4. The van der Waals surface area contributed by atoms with Crippen molar-refractivity contribution in [1.82, 2.24) is 9.88 Å². The van der Waals surface area contributed by atoms with E-state index in [1.165, 1.54) is 0 Å². The van der Waals surface area contributed by atoms with Gasteiger partial charge in [-0.1, -0.05) is 0 Å². The fraction of sp³-hybridized carbons (Fsp3) is 0.545. The highest BCUT2D eigenvalue weighted by molar-refractivity contribution is 5.93. The zero-order valence-electron chi connectivity index (χ0n) is 9.82. The summed E-state index contributed by atoms with van der Waals surface area (Å²) in [5.74, 6) is -0.0427. The Morgan fingerprint density at radius 1 is 1.56 bits per heavy atom. The highest BCUT2D eigenvalue weighted by Crippen LogP contribution is 2.07. The lowest BCUT2D eigenvalue weighted by atomic mass is 10.3. The average molecular weight is 225 g/mol. The Kier molecular flexibility index (Phi) is 4.85. The van der Waals surface area contributed by atoms with Crippen molar-refractivity contribution in [1.29, 1.82) is 0 Å². The third kappa shape index (κ3) is 3.27. The van der Waals surface area contributed by atoms with Crippen LogP contribution in [0.2, 0.25) is 0 Å². The Bertz CT molecular complexity index is 336. The van der Waals surface area contributed by atoms with Gasteiger partial charge in [0.05, 0.1) is 6.61 Å². The summed E-state index contributed by atoms with van der Waals surface area (Å²) in [5, 5.41) is 0. The lowest BCUT2D eigenvalue weighted by molar-refractivity contribution is 0.0664. The van der Waals surface area contributed by atoms with Crippen molar-refractivity contribution < 1.29 is 9.53 Å². The second-order valence-electron chi connectivity index (χ2n) is 3.43. The molecule has 0 aromatic carbocycles. The SMILES string of the molecule is CCOCCN(CC)C(=O)c1cc(N)c[nH]1. The number of nitrogens with two attached hydrogens (primary N) is 1. The van der Waals surface area contributed by atoms with Crippen molar-refractivity contribution in [3.63, 3.8) is 0 Å². The van der Waals surface area contributed by atoms with E-state index in [4.69, 9.17) is 10.5 Å². The number of carbonyl (C=O) groups excluding carboxylic acids is 1. The molecule has 90 valence electrons. The van der Waals surface area contributed by atoms with E-state index in [9.17, 15) is 4.79 Å². The van der Waals surface area contributed by atoms with Crippen molar-refractivity contribution >= 4 is 11.6 Å². The van der Waals surface area contributed by atoms with Gasteiger partial charge >= 0.3 is 0 Å². The summed E-state index contributed by atoms with van der Waals surface area (Å²) in [4.78, 5) is 16.5. The van der Waals surface area contributed by atoms with Gasteiger partial charge in [-0.2, -0.15) is 0 Å². The Hall–Kier alpha value is -1.49.